The number of hydrogen-bond acceptors (Lipinski definition) is 3. The first-order valence-corrected chi connectivity index (χ1v) is 7.08. The fraction of sp³-hybridized carbons (Fsp3) is 0.400. The first-order chi connectivity index (χ1) is 9.26. The van der Waals surface area contributed by atoms with Gasteiger partial charge in [-0.15, -0.1) is 0 Å². The summed E-state index contributed by atoms with van der Waals surface area (Å²) in [6.45, 7) is 4.12. The van der Waals surface area contributed by atoms with E-state index in [-0.39, 0.29) is 0 Å². The van der Waals surface area contributed by atoms with Gasteiger partial charge in [0.1, 0.15) is 6.26 Å². The molecule has 2 aromatic rings. The van der Waals surface area contributed by atoms with Crippen LogP contribution in [0.5, 0.6) is 0 Å². The topological polar surface area (TPSA) is 29.3 Å². The molecule has 100 valence electrons. The molecule has 1 saturated carbocycles. The molecule has 4 heteroatoms. The number of aromatic nitrogens is 1. The smallest absolute Gasteiger partial charge is 0.226 e. The van der Waals surface area contributed by atoms with Gasteiger partial charge in [0, 0.05) is 23.2 Å². The van der Waals surface area contributed by atoms with Crippen LogP contribution in [-0.2, 0) is 6.54 Å². The van der Waals surface area contributed by atoms with Crippen molar-refractivity contribution in [2.24, 2.45) is 0 Å². The van der Waals surface area contributed by atoms with Gasteiger partial charge in [0.05, 0.1) is 5.69 Å². The van der Waals surface area contributed by atoms with Crippen molar-refractivity contribution in [3.05, 3.63) is 41.2 Å². The maximum atomic E-state index is 5.98. The second-order valence-corrected chi connectivity index (χ2v) is 5.39. The molecule has 19 heavy (non-hydrogen) atoms. The van der Waals surface area contributed by atoms with Gasteiger partial charge in [-0.3, -0.25) is 4.90 Å². The van der Waals surface area contributed by atoms with E-state index in [0.717, 1.165) is 30.4 Å². The highest BCUT2D eigenvalue weighted by Gasteiger charge is 2.28. The minimum atomic E-state index is 0.643. The number of rotatable bonds is 5. The highest BCUT2D eigenvalue weighted by Crippen LogP contribution is 2.28. The second kappa shape index (κ2) is 5.35. The summed E-state index contributed by atoms with van der Waals surface area (Å²) >= 11 is 5.98. The van der Waals surface area contributed by atoms with Crippen LogP contribution in [0.1, 0.15) is 25.5 Å². The van der Waals surface area contributed by atoms with Crippen LogP contribution in [0.4, 0.5) is 0 Å². The van der Waals surface area contributed by atoms with Crippen molar-refractivity contribution in [2.45, 2.75) is 32.4 Å². The molecule has 1 heterocycles. The zero-order chi connectivity index (χ0) is 13.2. The molecular weight excluding hydrogens is 260 g/mol. The van der Waals surface area contributed by atoms with E-state index in [4.69, 9.17) is 16.0 Å². The van der Waals surface area contributed by atoms with E-state index in [9.17, 15) is 0 Å². The zero-order valence-electron chi connectivity index (χ0n) is 11.0. The molecule has 1 fully saturated rings. The van der Waals surface area contributed by atoms with Gasteiger partial charge in [0.25, 0.3) is 0 Å². The summed E-state index contributed by atoms with van der Waals surface area (Å²) in [7, 11) is 0. The molecule has 0 aliphatic heterocycles. The van der Waals surface area contributed by atoms with Crippen molar-refractivity contribution in [3.63, 3.8) is 0 Å². The van der Waals surface area contributed by atoms with Crippen LogP contribution in [0.25, 0.3) is 11.5 Å². The molecular formula is C15H17ClN2O. The standard InChI is InChI=1S/C15H17ClN2O/c1-2-18(14-6-7-14)9-13-10-19-15(17-13)11-4-3-5-12(16)8-11/h3-5,8,10,14H,2,6-7,9H2,1H3. The highest BCUT2D eigenvalue weighted by atomic mass is 35.5. The Hall–Kier alpha value is -1.32. The van der Waals surface area contributed by atoms with Crippen LogP contribution in [0.2, 0.25) is 5.02 Å². The van der Waals surface area contributed by atoms with Gasteiger partial charge in [-0.05, 0) is 37.6 Å². The van der Waals surface area contributed by atoms with Gasteiger partial charge in [0.2, 0.25) is 5.89 Å². The Labute approximate surface area is 118 Å². The molecule has 0 bridgehead atoms. The molecule has 1 aliphatic rings. The summed E-state index contributed by atoms with van der Waals surface area (Å²) in [5, 5.41) is 0.699. The van der Waals surface area contributed by atoms with Crippen molar-refractivity contribution < 1.29 is 4.42 Å². The van der Waals surface area contributed by atoms with Crippen molar-refractivity contribution in [3.8, 4) is 11.5 Å². The molecule has 0 saturated heterocycles. The number of benzene rings is 1. The fourth-order valence-electron chi connectivity index (χ4n) is 2.28. The first-order valence-electron chi connectivity index (χ1n) is 6.70. The molecule has 1 aromatic carbocycles. The maximum Gasteiger partial charge on any atom is 0.226 e. The molecule has 1 aliphatic carbocycles. The van der Waals surface area contributed by atoms with E-state index in [1.807, 2.05) is 24.3 Å². The Morgan fingerprint density at radius 3 is 2.95 bits per heavy atom. The lowest BCUT2D eigenvalue weighted by Crippen LogP contribution is -2.25. The average Bonchev–Trinajstić information content (AvgIpc) is 3.15. The number of hydrogen-bond donors (Lipinski definition) is 0. The third-order valence-corrected chi connectivity index (χ3v) is 3.69. The Morgan fingerprint density at radius 2 is 2.26 bits per heavy atom. The number of halogens is 1. The normalized spacial score (nSPS) is 15.1. The second-order valence-electron chi connectivity index (χ2n) is 4.95. The van der Waals surface area contributed by atoms with Crippen LogP contribution in [0.3, 0.4) is 0 Å². The van der Waals surface area contributed by atoms with Gasteiger partial charge in [0.15, 0.2) is 0 Å². The van der Waals surface area contributed by atoms with Gasteiger partial charge in [-0.1, -0.05) is 24.6 Å². The lowest BCUT2D eigenvalue weighted by atomic mass is 10.2. The molecule has 0 atom stereocenters. The summed E-state index contributed by atoms with van der Waals surface area (Å²) in [6, 6.07) is 8.33. The summed E-state index contributed by atoms with van der Waals surface area (Å²) < 4.78 is 5.55. The van der Waals surface area contributed by atoms with E-state index in [2.05, 4.69) is 16.8 Å². The lowest BCUT2D eigenvalue weighted by Gasteiger charge is -2.17. The van der Waals surface area contributed by atoms with Crippen molar-refractivity contribution in [1.29, 1.82) is 0 Å². The predicted molar refractivity (Wildman–Crippen MR) is 76.1 cm³/mol. The van der Waals surface area contributed by atoms with E-state index < -0.39 is 0 Å². The van der Waals surface area contributed by atoms with E-state index >= 15 is 0 Å². The van der Waals surface area contributed by atoms with E-state index in [1.165, 1.54) is 12.8 Å². The Morgan fingerprint density at radius 1 is 1.42 bits per heavy atom. The molecule has 0 N–H and O–H groups in total. The van der Waals surface area contributed by atoms with Crippen LogP contribution in [-0.4, -0.2) is 22.5 Å². The summed E-state index contributed by atoms with van der Waals surface area (Å²) in [6.07, 6.45) is 4.38. The lowest BCUT2D eigenvalue weighted by molar-refractivity contribution is 0.266. The molecule has 3 rings (SSSR count). The zero-order valence-corrected chi connectivity index (χ0v) is 11.7. The Kier molecular flexibility index (Phi) is 3.58. The monoisotopic (exact) mass is 276 g/mol. The molecule has 1 aromatic heterocycles. The molecule has 0 unspecified atom stereocenters. The Bertz CT molecular complexity index is 563. The van der Waals surface area contributed by atoms with E-state index in [0.29, 0.717) is 10.9 Å². The maximum absolute atomic E-state index is 5.98. The Balaban J connectivity index is 1.75. The number of oxazole rings is 1. The predicted octanol–water partition coefficient (Wildman–Crippen LogP) is 3.98. The quantitative estimate of drug-likeness (QED) is 0.827. The minimum Gasteiger partial charge on any atom is -0.444 e. The third kappa shape index (κ3) is 2.99. The average molecular weight is 277 g/mol. The van der Waals surface area contributed by atoms with Crippen LogP contribution < -0.4 is 0 Å². The van der Waals surface area contributed by atoms with Crippen molar-refractivity contribution in [2.75, 3.05) is 6.54 Å². The van der Waals surface area contributed by atoms with Crippen LogP contribution >= 0.6 is 11.6 Å². The first kappa shape index (κ1) is 12.7. The van der Waals surface area contributed by atoms with Gasteiger partial charge < -0.3 is 4.42 Å². The molecule has 3 nitrogen and oxygen atoms in total. The van der Waals surface area contributed by atoms with Crippen LogP contribution in [0, 0.1) is 0 Å². The van der Waals surface area contributed by atoms with Crippen LogP contribution in [0.15, 0.2) is 34.9 Å². The highest BCUT2D eigenvalue weighted by molar-refractivity contribution is 6.30. The van der Waals surface area contributed by atoms with E-state index in [1.54, 1.807) is 6.26 Å². The fourth-order valence-corrected chi connectivity index (χ4v) is 2.47. The largest absolute Gasteiger partial charge is 0.444 e. The summed E-state index contributed by atoms with van der Waals surface area (Å²) in [5.74, 6) is 0.643. The minimum absolute atomic E-state index is 0.643. The molecule has 0 spiro atoms. The SMILES string of the molecule is CCN(Cc1coc(-c2cccc(Cl)c2)n1)C1CC1. The third-order valence-electron chi connectivity index (χ3n) is 3.46. The summed E-state index contributed by atoms with van der Waals surface area (Å²) in [4.78, 5) is 7.00. The van der Waals surface area contributed by atoms with Gasteiger partial charge in [-0.2, -0.15) is 0 Å². The van der Waals surface area contributed by atoms with Gasteiger partial charge in [-0.25, -0.2) is 4.98 Å². The molecule has 0 radical (unpaired) electrons. The van der Waals surface area contributed by atoms with Gasteiger partial charge >= 0.3 is 0 Å². The molecule has 0 amide bonds. The summed E-state index contributed by atoms with van der Waals surface area (Å²) in [5.41, 5.74) is 1.91. The van der Waals surface area contributed by atoms with Crippen molar-refractivity contribution >= 4 is 11.6 Å². The van der Waals surface area contributed by atoms with Crippen molar-refractivity contribution in [1.82, 2.24) is 9.88 Å². The number of nitrogens with zero attached hydrogens (tertiary/aromatic N) is 2.